The Kier molecular flexibility index (Phi) is 3.67. The van der Waals surface area contributed by atoms with Gasteiger partial charge < -0.3 is 0 Å². The Bertz CT molecular complexity index is 745. The molecule has 0 aliphatic heterocycles. The van der Waals surface area contributed by atoms with Gasteiger partial charge in [-0.05, 0) is 105 Å². The molecule has 0 radical (unpaired) electrons. The first-order chi connectivity index (χ1) is 11.8. The molecular weight excluding hydrogens is 290 g/mol. The van der Waals surface area contributed by atoms with E-state index in [0.29, 0.717) is 0 Å². The third-order valence-electron chi connectivity index (χ3n) is 7.33. The molecule has 0 spiro atoms. The summed E-state index contributed by atoms with van der Waals surface area (Å²) in [5, 5.41) is 2.41. The van der Waals surface area contributed by atoms with Gasteiger partial charge in [-0.3, -0.25) is 0 Å². The summed E-state index contributed by atoms with van der Waals surface area (Å²) in [5.74, 6) is 3.29. The van der Waals surface area contributed by atoms with E-state index in [0.717, 1.165) is 34.9 Å². The number of hydrogen-bond acceptors (Lipinski definition) is 1. The molecule has 4 saturated carbocycles. The van der Waals surface area contributed by atoms with Crippen molar-refractivity contribution in [3.63, 3.8) is 0 Å². The highest BCUT2D eigenvalue weighted by Gasteiger charge is 2.50. The molecule has 24 heavy (non-hydrogen) atoms. The molecule has 0 unspecified atom stereocenters. The number of aromatic nitrogens is 1. The second kappa shape index (κ2) is 5.88. The number of allylic oxidation sites excluding steroid dienone is 1. The van der Waals surface area contributed by atoms with Crippen LogP contribution in [0.5, 0.6) is 0 Å². The average Bonchev–Trinajstić information content (AvgIpc) is 2.58. The minimum Gasteiger partial charge on any atom is -0.248 e. The monoisotopic (exact) mass is 319 g/mol. The second-order valence-electron chi connectivity index (χ2n) is 9.15. The number of unbranched alkanes of at least 4 members (excludes halogenated alkanes) is 1. The fourth-order valence-electron chi connectivity index (χ4n) is 6.82. The van der Waals surface area contributed by atoms with E-state index in [-0.39, 0.29) is 0 Å². The number of hydrogen-bond donors (Lipinski definition) is 0. The lowest BCUT2D eigenvalue weighted by Gasteiger charge is -2.57. The molecule has 5 aliphatic carbocycles. The molecule has 1 aromatic heterocycles. The van der Waals surface area contributed by atoms with Gasteiger partial charge in [-0.2, -0.15) is 0 Å². The van der Waals surface area contributed by atoms with Crippen LogP contribution in [0.15, 0.2) is 18.3 Å². The maximum atomic E-state index is 4.46. The average molecular weight is 319 g/mol. The van der Waals surface area contributed by atoms with Crippen LogP contribution in [0.1, 0.15) is 69.8 Å². The van der Waals surface area contributed by atoms with Crippen molar-refractivity contribution in [2.24, 2.45) is 23.2 Å². The third kappa shape index (κ3) is 2.68. The lowest BCUT2D eigenvalue weighted by molar-refractivity contribution is -0.0582. The molecule has 0 N–H and O–H groups in total. The first-order valence-corrected chi connectivity index (χ1v) is 10.2. The molecule has 1 nitrogen and oxygen atoms in total. The zero-order valence-electron chi connectivity index (χ0n) is 14.8. The van der Waals surface area contributed by atoms with Crippen molar-refractivity contribution >= 4 is 11.8 Å². The minimum absolute atomic E-state index is 0.759. The van der Waals surface area contributed by atoms with Crippen LogP contribution < -0.4 is 10.6 Å². The van der Waals surface area contributed by atoms with E-state index in [1.807, 2.05) is 6.20 Å². The molecule has 0 atom stereocenters. The molecule has 6 rings (SSSR count). The van der Waals surface area contributed by atoms with Crippen molar-refractivity contribution in [3.05, 3.63) is 34.5 Å². The van der Waals surface area contributed by atoms with Gasteiger partial charge in [0.1, 0.15) is 5.35 Å². The second-order valence-corrected chi connectivity index (χ2v) is 9.15. The van der Waals surface area contributed by atoms with Crippen molar-refractivity contribution in [1.82, 2.24) is 4.98 Å². The van der Waals surface area contributed by atoms with Crippen LogP contribution in [-0.4, -0.2) is 4.98 Å². The van der Waals surface area contributed by atoms with Gasteiger partial charge in [-0.1, -0.05) is 18.2 Å². The molecule has 0 amide bonds. The number of pyridine rings is 1. The van der Waals surface area contributed by atoms with Crippen molar-refractivity contribution in [2.75, 3.05) is 0 Å². The number of fused-ring (bicyclic) bond motifs is 1. The molecule has 126 valence electrons. The van der Waals surface area contributed by atoms with Gasteiger partial charge in [-0.15, -0.1) is 0 Å². The SMILES string of the molecule is C1=CCC=c2c(CCCCC34CC5CC(CC(C5)C3)C4)ccnc2=1. The normalized spacial score (nSPS) is 35.4. The summed E-state index contributed by atoms with van der Waals surface area (Å²) in [6.45, 7) is 0. The van der Waals surface area contributed by atoms with E-state index in [9.17, 15) is 0 Å². The highest BCUT2D eigenvalue weighted by atomic mass is 14.6. The molecule has 1 aromatic rings. The lowest BCUT2D eigenvalue weighted by atomic mass is 9.48. The van der Waals surface area contributed by atoms with Gasteiger partial charge in [0.15, 0.2) is 0 Å². The summed E-state index contributed by atoms with van der Waals surface area (Å²) in [6, 6.07) is 2.23. The van der Waals surface area contributed by atoms with E-state index < -0.39 is 0 Å². The molecule has 4 fully saturated rings. The van der Waals surface area contributed by atoms with Crippen molar-refractivity contribution in [1.29, 1.82) is 0 Å². The van der Waals surface area contributed by atoms with Gasteiger partial charge in [0.25, 0.3) is 0 Å². The van der Waals surface area contributed by atoms with E-state index in [4.69, 9.17) is 0 Å². The molecule has 5 aliphatic rings. The molecule has 1 heterocycles. The largest absolute Gasteiger partial charge is 0.248 e. The van der Waals surface area contributed by atoms with Crippen molar-refractivity contribution in [3.8, 4) is 0 Å². The summed E-state index contributed by atoms with van der Waals surface area (Å²) >= 11 is 0. The third-order valence-corrected chi connectivity index (χ3v) is 7.33. The number of rotatable bonds is 5. The molecule has 4 bridgehead atoms. The van der Waals surface area contributed by atoms with Crippen LogP contribution in [0.3, 0.4) is 0 Å². The van der Waals surface area contributed by atoms with E-state index in [1.165, 1.54) is 36.5 Å². The zero-order valence-corrected chi connectivity index (χ0v) is 14.8. The van der Waals surface area contributed by atoms with Gasteiger partial charge in [-0.25, -0.2) is 4.98 Å². The predicted octanol–water partition coefficient (Wildman–Crippen LogP) is 4.13. The van der Waals surface area contributed by atoms with E-state index in [2.05, 4.69) is 28.9 Å². The Morgan fingerprint density at radius 1 is 1.04 bits per heavy atom. The number of aryl methyl sites for hydroxylation is 1. The van der Waals surface area contributed by atoms with Gasteiger partial charge >= 0.3 is 0 Å². The van der Waals surface area contributed by atoms with Crippen LogP contribution >= 0.6 is 0 Å². The first kappa shape index (κ1) is 15.0. The highest BCUT2D eigenvalue weighted by Crippen LogP contribution is 2.61. The molecule has 0 aromatic carbocycles. The van der Waals surface area contributed by atoms with Gasteiger partial charge in [0.05, 0.1) is 0 Å². The summed E-state index contributed by atoms with van der Waals surface area (Å²) in [6.07, 6.45) is 22.3. The Balaban J connectivity index is 1.22. The maximum Gasteiger partial charge on any atom is 0.112 e. The topological polar surface area (TPSA) is 12.9 Å². The van der Waals surface area contributed by atoms with Crippen LogP contribution in [0.2, 0.25) is 0 Å². The van der Waals surface area contributed by atoms with Crippen LogP contribution in [0, 0.1) is 23.2 Å². The van der Waals surface area contributed by atoms with Crippen LogP contribution in [-0.2, 0) is 6.42 Å². The first-order valence-electron chi connectivity index (χ1n) is 10.2. The molecule has 0 saturated heterocycles. The van der Waals surface area contributed by atoms with Gasteiger partial charge in [0, 0.05) is 11.4 Å². The van der Waals surface area contributed by atoms with E-state index in [1.54, 1.807) is 38.5 Å². The quantitative estimate of drug-likeness (QED) is 0.744. The Labute approximate surface area is 145 Å². The molecule has 1 heteroatoms. The van der Waals surface area contributed by atoms with E-state index >= 15 is 0 Å². The van der Waals surface area contributed by atoms with Crippen molar-refractivity contribution < 1.29 is 0 Å². The predicted molar refractivity (Wildman–Crippen MR) is 98.7 cm³/mol. The number of nitrogens with zero attached hydrogens (tertiary/aromatic N) is 1. The zero-order chi connectivity index (χ0) is 16.0. The van der Waals surface area contributed by atoms with Crippen LogP contribution in [0.25, 0.3) is 11.8 Å². The van der Waals surface area contributed by atoms with Gasteiger partial charge in [0.2, 0.25) is 0 Å². The maximum absolute atomic E-state index is 4.46. The fourth-order valence-corrected chi connectivity index (χ4v) is 6.82. The standard InChI is InChI=1S/C23H29N/c1-2-7-22-21(6-1)20(8-10-24-22)5-3-4-9-23-14-17-11-18(15-23)13-19(12-17)16-23/h2,6,8,10,17-19H,1,3-5,9,11-16H2. The summed E-state index contributed by atoms with van der Waals surface area (Å²) in [4.78, 5) is 4.46. The van der Waals surface area contributed by atoms with Crippen molar-refractivity contribution in [2.45, 2.75) is 70.6 Å². The Morgan fingerprint density at radius 2 is 1.79 bits per heavy atom. The smallest absolute Gasteiger partial charge is 0.112 e. The summed E-state index contributed by atoms with van der Waals surface area (Å²) < 4.78 is 0. The fraction of sp³-hybridized carbons (Fsp3) is 0.652. The molecular formula is C23H29N. The Morgan fingerprint density at radius 3 is 2.54 bits per heavy atom. The lowest BCUT2D eigenvalue weighted by Crippen LogP contribution is -2.45. The van der Waals surface area contributed by atoms with Crippen LogP contribution in [0.4, 0.5) is 0 Å². The summed E-state index contributed by atoms with van der Waals surface area (Å²) in [7, 11) is 0. The minimum atomic E-state index is 0.759. The highest BCUT2D eigenvalue weighted by molar-refractivity contribution is 5.39. The summed E-state index contributed by atoms with van der Waals surface area (Å²) in [5.41, 5.74) is 5.57. The Hall–Kier alpha value is -1.33.